The van der Waals surface area contributed by atoms with E-state index in [1.165, 1.54) is 4.88 Å². The molecule has 2 rings (SSSR count). The molecule has 3 nitrogen and oxygen atoms in total. The van der Waals surface area contributed by atoms with Crippen LogP contribution in [-0.4, -0.2) is 30.9 Å². The molecule has 21 heavy (non-hydrogen) atoms. The zero-order valence-electron chi connectivity index (χ0n) is 13.0. The Bertz CT molecular complexity index is 607. The third kappa shape index (κ3) is 3.64. The fraction of sp³-hybridized carbons (Fsp3) is 0.353. The predicted octanol–water partition coefficient (Wildman–Crippen LogP) is 3.80. The van der Waals surface area contributed by atoms with Crippen molar-refractivity contribution in [2.75, 3.05) is 19.4 Å². The number of benzene rings is 1. The minimum atomic E-state index is 0.0826. The first-order valence-corrected chi connectivity index (χ1v) is 7.99. The molecule has 1 N–H and O–H groups in total. The van der Waals surface area contributed by atoms with E-state index in [1.807, 2.05) is 44.1 Å². The molecule has 0 bridgehead atoms. The Kier molecular flexibility index (Phi) is 5.02. The van der Waals surface area contributed by atoms with Crippen molar-refractivity contribution >= 4 is 22.9 Å². The smallest absolute Gasteiger partial charge is 0.254 e. The normalized spacial score (nSPS) is 12.0. The molecular weight excluding hydrogens is 280 g/mol. The molecule has 112 valence electrons. The second kappa shape index (κ2) is 6.76. The maximum atomic E-state index is 12.6. The fourth-order valence-corrected chi connectivity index (χ4v) is 3.13. The average Bonchev–Trinajstić information content (AvgIpc) is 2.98. The number of nitrogens with one attached hydrogen (secondary N) is 1. The summed E-state index contributed by atoms with van der Waals surface area (Å²) in [5.74, 6) is 0.0826. The summed E-state index contributed by atoms with van der Waals surface area (Å²) in [6.07, 6.45) is 0.896. The summed E-state index contributed by atoms with van der Waals surface area (Å²) in [6.45, 7) is 4.07. The Morgan fingerprint density at radius 1 is 1.38 bits per heavy atom. The van der Waals surface area contributed by atoms with Crippen molar-refractivity contribution in [1.82, 2.24) is 4.90 Å². The quantitative estimate of drug-likeness (QED) is 0.911. The number of aryl methyl sites for hydroxylation is 1. The standard InChI is InChI=1S/C17H22N2OS/c1-12-10-14(18-3)7-8-16(12)17(20)19(4)13(2)11-15-6-5-9-21-15/h5-10,13,18H,11H2,1-4H3. The first-order chi connectivity index (χ1) is 10.0. The van der Waals surface area contributed by atoms with Crippen LogP contribution in [0, 0.1) is 6.92 Å². The van der Waals surface area contributed by atoms with Crippen molar-refractivity contribution in [3.05, 3.63) is 51.7 Å². The minimum Gasteiger partial charge on any atom is -0.388 e. The number of likely N-dealkylation sites (N-methyl/N-ethyl adjacent to an activating group) is 1. The lowest BCUT2D eigenvalue weighted by molar-refractivity contribution is 0.0743. The molecule has 1 aromatic carbocycles. The molecule has 0 radical (unpaired) electrons. The lowest BCUT2D eigenvalue weighted by Gasteiger charge is -2.25. The molecule has 2 aromatic rings. The largest absolute Gasteiger partial charge is 0.388 e. The fourth-order valence-electron chi connectivity index (χ4n) is 2.31. The van der Waals surface area contributed by atoms with E-state index < -0.39 is 0 Å². The van der Waals surface area contributed by atoms with Crippen LogP contribution in [0.15, 0.2) is 35.7 Å². The molecule has 1 heterocycles. The number of thiophene rings is 1. The molecule has 0 aliphatic carbocycles. The summed E-state index contributed by atoms with van der Waals surface area (Å²) in [5.41, 5.74) is 2.80. The number of nitrogens with zero attached hydrogens (tertiary/aromatic N) is 1. The van der Waals surface area contributed by atoms with Crippen molar-refractivity contribution in [2.24, 2.45) is 0 Å². The molecule has 1 amide bonds. The molecule has 1 aromatic heterocycles. The van der Waals surface area contributed by atoms with E-state index in [1.54, 1.807) is 11.3 Å². The van der Waals surface area contributed by atoms with Gasteiger partial charge in [-0.3, -0.25) is 4.79 Å². The second-order valence-electron chi connectivity index (χ2n) is 5.33. The van der Waals surface area contributed by atoms with Gasteiger partial charge in [0, 0.05) is 42.7 Å². The summed E-state index contributed by atoms with van der Waals surface area (Å²) < 4.78 is 0. The van der Waals surface area contributed by atoms with E-state index in [9.17, 15) is 4.79 Å². The van der Waals surface area contributed by atoms with Gasteiger partial charge in [-0.05, 0) is 49.1 Å². The summed E-state index contributed by atoms with van der Waals surface area (Å²) in [4.78, 5) is 15.8. The van der Waals surface area contributed by atoms with Gasteiger partial charge in [-0.2, -0.15) is 0 Å². The third-order valence-electron chi connectivity index (χ3n) is 3.80. The number of hydrogen-bond acceptors (Lipinski definition) is 3. The molecule has 1 unspecified atom stereocenters. The van der Waals surface area contributed by atoms with Gasteiger partial charge >= 0.3 is 0 Å². The van der Waals surface area contributed by atoms with Crippen molar-refractivity contribution in [1.29, 1.82) is 0 Å². The van der Waals surface area contributed by atoms with Crippen LogP contribution in [-0.2, 0) is 6.42 Å². The third-order valence-corrected chi connectivity index (χ3v) is 4.70. The molecule has 0 spiro atoms. The van der Waals surface area contributed by atoms with Gasteiger partial charge in [0.25, 0.3) is 5.91 Å². The lowest BCUT2D eigenvalue weighted by Crippen LogP contribution is -2.36. The SMILES string of the molecule is CNc1ccc(C(=O)N(C)C(C)Cc2cccs2)c(C)c1. The van der Waals surface area contributed by atoms with Crippen molar-refractivity contribution < 1.29 is 4.79 Å². The Morgan fingerprint density at radius 3 is 2.71 bits per heavy atom. The summed E-state index contributed by atoms with van der Waals surface area (Å²) >= 11 is 1.74. The van der Waals surface area contributed by atoms with Gasteiger partial charge in [0.1, 0.15) is 0 Å². The molecular formula is C17H22N2OS. The molecule has 0 fully saturated rings. The second-order valence-corrected chi connectivity index (χ2v) is 6.36. The van der Waals surface area contributed by atoms with Gasteiger partial charge in [-0.1, -0.05) is 6.07 Å². The number of carbonyl (C=O) groups is 1. The van der Waals surface area contributed by atoms with E-state index >= 15 is 0 Å². The minimum absolute atomic E-state index is 0.0826. The van der Waals surface area contributed by atoms with Gasteiger partial charge in [0.2, 0.25) is 0 Å². The topological polar surface area (TPSA) is 32.3 Å². The summed E-state index contributed by atoms with van der Waals surface area (Å²) in [7, 11) is 3.76. The van der Waals surface area contributed by atoms with Crippen LogP contribution in [0.3, 0.4) is 0 Å². The molecule has 0 saturated carbocycles. The molecule has 0 saturated heterocycles. The van der Waals surface area contributed by atoms with Gasteiger partial charge in [0.15, 0.2) is 0 Å². The highest BCUT2D eigenvalue weighted by Crippen LogP contribution is 2.19. The van der Waals surface area contributed by atoms with Crippen molar-refractivity contribution in [3.63, 3.8) is 0 Å². The van der Waals surface area contributed by atoms with Crippen LogP contribution < -0.4 is 5.32 Å². The van der Waals surface area contributed by atoms with Crippen molar-refractivity contribution in [3.8, 4) is 0 Å². The Morgan fingerprint density at radius 2 is 2.14 bits per heavy atom. The Labute approximate surface area is 130 Å². The Balaban J connectivity index is 2.11. The van der Waals surface area contributed by atoms with E-state index in [0.717, 1.165) is 23.2 Å². The molecule has 4 heteroatoms. The number of anilines is 1. The average molecular weight is 302 g/mol. The van der Waals surface area contributed by atoms with E-state index in [0.29, 0.717) is 0 Å². The van der Waals surface area contributed by atoms with Crippen LogP contribution >= 0.6 is 11.3 Å². The number of rotatable bonds is 5. The van der Waals surface area contributed by atoms with Crippen LogP contribution in [0.5, 0.6) is 0 Å². The van der Waals surface area contributed by atoms with E-state index in [-0.39, 0.29) is 11.9 Å². The van der Waals surface area contributed by atoms with E-state index in [4.69, 9.17) is 0 Å². The highest BCUT2D eigenvalue weighted by molar-refractivity contribution is 7.09. The predicted molar refractivity (Wildman–Crippen MR) is 90.3 cm³/mol. The van der Waals surface area contributed by atoms with Gasteiger partial charge in [-0.15, -0.1) is 11.3 Å². The van der Waals surface area contributed by atoms with Gasteiger partial charge in [-0.25, -0.2) is 0 Å². The number of amides is 1. The van der Waals surface area contributed by atoms with E-state index in [2.05, 4.69) is 29.8 Å². The van der Waals surface area contributed by atoms with Gasteiger partial charge < -0.3 is 10.2 Å². The maximum absolute atomic E-state index is 12.6. The molecule has 0 aliphatic heterocycles. The van der Waals surface area contributed by atoms with Crippen LogP contribution in [0.25, 0.3) is 0 Å². The summed E-state index contributed by atoms with van der Waals surface area (Å²) in [6, 6.07) is 10.2. The molecule has 0 aliphatic rings. The van der Waals surface area contributed by atoms with Crippen LogP contribution in [0.2, 0.25) is 0 Å². The molecule has 1 atom stereocenters. The lowest BCUT2D eigenvalue weighted by atomic mass is 10.1. The van der Waals surface area contributed by atoms with Crippen LogP contribution in [0.1, 0.15) is 27.7 Å². The van der Waals surface area contributed by atoms with Crippen molar-refractivity contribution in [2.45, 2.75) is 26.3 Å². The van der Waals surface area contributed by atoms with Crippen LogP contribution in [0.4, 0.5) is 5.69 Å². The highest BCUT2D eigenvalue weighted by atomic mass is 32.1. The summed E-state index contributed by atoms with van der Waals surface area (Å²) in [5, 5.41) is 5.17. The maximum Gasteiger partial charge on any atom is 0.254 e. The monoisotopic (exact) mass is 302 g/mol. The first-order valence-electron chi connectivity index (χ1n) is 7.11. The first kappa shape index (κ1) is 15.6. The zero-order valence-corrected chi connectivity index (χ0v) is 13.8. The highest BCUT2D eigenvalue weighted by Gasteiger charge is 2.19. The number of hydrogen-bond donors (Lipinski definition) is 1. The zero-order chi connectivity index (χ0) is 15.4. The Hall–Kier alpha value is -1.81. The van der Waals surface area contributed by atoms with Gasteiger partial charge in [0.05, 0.1) is 0 Å². The number of carbonyl (C=O) groups excluding carboxylic acids is 1.